The summed E-state index contributed by atoms with van der Waals surface area (Å²) in [6.07, 6.45) is 3.76. The number of aliphatic hydroxyl groups is 1. The third-order valence-corrected chi connectivity index (χ3v) is 4.31. The Balaban J connectivity index is 1.88. The van der Waals surface area contributed by atoms with Crippen LogP contribution < -0.4 is 0 Å². The van der Waals surface area contributed by atoms with Crippen molar-refractivity contribution < 1.29 is 9.90 Å². The van der Waals surface area contributed by atoms with Crippen molar-refractivity contribution in [3.05, 3.63) is 86.8 Å². The molecule has 1 N–H and O–H groups in total. The largest absolute Gasteiger partial charge is 0.392 e. The van der Waals surface area contributed by atoms with Crippen molar-refractivity contribution in [3.63, 3.8) is 0 Å². The van der Waals surface area contributed by atoms with Crippen LogP contribution in [0, 0.1) is 6.92 Å². The summed E-state index contributed by atoms with van der Waals surface area (Å²) in [4.78, 5) is 15.5. The lowest BCUT2D eigenvalue weighted by molar-refractivity contribution is -0.113. The predicted molar refractivity (Wildman–Crippen MR) is 103 cm³/mol. The Morgan fingerprint density at radius 1 is 1.00 bits per heavy atom. The van der Waals surface area contributed by atoms with Gasteiger partial charge in [0.25, 0.3) is 0 Å². The van der Waals surface area contributed by atoms with Crippen molar-refractivity contribution in [2.75, 3.05) is 0 Å². The number of carbonyl (C=O) groups is 1. The molecule has 0 saturated heterocycles. The molecular weight excluding hydrogens is 326 g/mol. The van der Waals surface area contributed by atoms with Crippen LogP contribution in [0.2, 0.25) is 0 Å². The minimum Gasteiger partial charge on any atom is -0.392 e. The molecule has 0 amide bonds. The summed E-state index contributed by atoms with van der Waals surface area (Å²) in [7, 11) is 0. The molecule has 1 atom stereocenters. The van der Waals surface area contributed by atoms with E-state index >= 15 is 0 Å². The zero-order valence-electron chi connectivity index (χ0n) is 14.5. The van der Waals surface area contributed by atoms with E-state index in [9.17, 15) is 9.90 Å². The Hall–Kier alpha value is -3.14. The Labute approximate surface area is 151 Å². The van der Waals surface area contributed by atoms with Crippen LogP contribution in [0.4, 0.5) is 5.69 Å². The van der Waals surface area contributed by atoms with E-state index in [-0.39, 0.29) is 5.78 Å². The molecule has 2 aromatic rings. The highest BCUT2D eigenvalue weighted by Gasteiger charge is 2.26. The van der Waals surface area contributed by atoms with E-state index in [1.807, 2.05) is 37.3 Å². The van der Waals surface area contributed by atoms with E-state index in [2.05, 4.69) is 10.0 Å². The molecule has 1 aliphatic carbocycles. The van der Waals surface area contributed by atoms with Crippen LogP contribution in [0.15, 0.2) is 64.8 Å². The lowest BCUT2D eigenvalue weighted by atomic mass is 9.85. The van der Waals surface area contributed by atoms with Gasteiger partial charge in [-0.25, -0.2) is 0 Å². The molecule has 3 rings (SSSR count). The second-order valence-electron chi connectivity index (χ2n) is 6.42. The van der Waals surface area contributed by atoms with Crippen LogP contribution in [0.5, 0.6) is 0 Å². The molecule has 0 bridgehead atoms. The molecule has 1 unspecified atom stereocenters. The third-order valence-electron chi connectivity index (χ3n) is 4.31. The second-order valence-corrected chi connectivity index (χ2v) is 6.42. The molecule has 0 aliphatic heterocycles. The summed E-state index contributed by atoms with van der Waals surface area (Å²) < 4.78 is 0. The summed E-state index contributed by atoms with van der Waals surface area (Å²) >= 11 is 0. The summed E-state index contributed by atoms with van der Waals surface area (Å²) in [5.74, 6) is -0.0324. The molecule has 5 heteroatoms. The zero-order valence-corrected chi connectivity index (χ0v) is 14.5. The molecule has 1 fully saturated rings. The summed E-state index contributed by atoms with van der Waals surface area (Å²) in [6.45, 7) is 2.01. The molecular formula is C21H19N3O2. The maximum Gasteiger partial charge on any atom is 0.185 e. The van der Waals surface area contributed by atoms with Crippen LogP contribution in [-0.4, -0.2) is 17.0 Å². The molecule has 130 valence electrons. The number of rotatable bonds is 3. The van der Waals surface area contributed by atoms with Gasteiger partial charge in [-0.1, -0.05) is 59.2 Å². The number of benzene rings is 2. The topological polar surface area (TPSA) is 86.1 Å². The van der Waals surface area contributed by atoms with Gasteiger partial charge in [0, 0.05) is 34.6 Å². The fourth-order valence-corrected chi connectivity index (χ4v) is 2.97. The third kappa shape index (κ3) is 4.28. The monoisotopic (exact) mass is 345 g/mol. The number of Topliss-reactive ketones (excluding diaryl/α,β-unsaturated/α-hetero) is 1. The van der Waals surface area contributed by atoms with Gasteiger partial charge in [0.2, 0.25) is 0 Å². The van der Waals surface area contributed by atoms with Gasteiger partial charge in [-0.05, 0) is 35.7 Å². The van der Waals surface area contributed by atoms with Gasteiger partial charge >= 0.3 is 0 Å². The van der Waals surface area contributed by atoms with Crippen LogP contribution >= 0.6 is 0 Å². The maximum atomic E-state index is 12.8. The van der Waals surface area contributed by atoms with Crippen LogP contribution in [0.25, 0.3) is 22.6 Å². The van der Waals surface area contributed by atoms with Gasteiger partial charge in [0.15, 0.2) is 5.78 Å². The van der Waals surface area contributed by atoms with Gasteiger partial charge in [-0.15, -0.1) is 0 Å². The smallest absolute Gasteiger partial charge is 0.185 e. The fraction of sp³-hybridized carbons (Fsp3) is 0.190. The summed E-state index contributed by atoms with van der Waals surface area (Å²) in [6, 6.07) is 14.9. The van der Waals surface area contributed by atoms with E-state index in [1.165, 1.54) is 0 Å². The zero-order chi connectivity index (χ0) is 18.5. The highest BCUT2D eigenvalue weighted by molar-refractivity contribution is 6.14. The molecule has 26 heavy (non-hydrogen) atoms. The van der Waals surface area contributed by atoms with E-state index in [4.69, 9.17) is 5.53 Å². The minimum atomic E-state index is -0.571. The molecule has 0 heterocycles. The first-order chi connectivity index (χ1) is 12.5. The Morgan fingerprint density at radius 2 is 1.50 bits per heavy atom. The van der Waals surface area contributed by atoms with Gasteiger partial charge in [-0.3, -0.25) is 4.79 Å². The first kappa shape index (κ1) is 17.7. The summed E-state index contributed by atoms with van der Waals surface area (Å²) in [5, 5.41) is 13.7. The van der Waals surface area contributed by atoms with E-state index in [1.54, 1.807) is 30.3 Å². The Kier molecular flexibility index (Phi) is 5.32. The van der Waals surface area contributed by atoms with Crippen molar-refractivity contribution in [2.24, 2.45) is 5.11 Å². The standard InChI is InChI=1S/C21H19N3O2/c1-14-2-4-15(5-3-14)10-17-12-20(25)13-18(21(17)26)11-16-6-8-19(9-7-16)23-24-22/h2-11,20,25H,12-13H2,1H3. The first-order valence-electron chi connectivity index (χ1n) is 8.41. The highest BCUT2D eigenvalue weighted by Crippen LogP contribution is 2.29. The van der Waals surface area contributed by atoms with Crippen molar-refractivity contribution in [1.82, 2.24) is 0 Å². The molecule has 1 aliphatic rings. The summed E-state index contributed by atoms with van der Waals surface area (Å²) in [5.41, 5.74) is 13.1. The van der Waals surface area contributed by atoms with Crippen molar-refractivity contribution in [3.8, 4) is 0 Å². The van der Waals surface area contributed by atoms with Crippen molar-refractivity contribution in [1.29, 1.82) is 0 Å². The van der Waals surface area contributed by atoms with Gasteiger partial charge in [-0.2, -0.15) is 0 Å². The van der Waals surface area contributed by atoms with Crippen molar-refractivity contribution in [2.45, 2.75) is 25.9 Å². The van der Waals surface area contributed by atoms with Crippen LogP contribution in [0.1, 0.15) is 29.5 Å². The number of carbonyl (C=O) groups excluding carboxylic acids is 1. The van der Waals surface area contributed by atoms with E-state index in [0.717, 1.165) is 16.7 Å². The van der Waals surface area contributed by atoms with E-state index in [0.29, 0.717) is 29.7 Å². The maximum absolute atomic E-state index is 12.8. The number of aliphatic hydroxyl groups excluding tert-OH is 1. The number of azide groups is 1. The number of aryl methyl sites for hydroxylation is 1. The lowest BCUT2D eigenvalue weighted by Crippen LogP contribution is -2.23. The van der Waals surface area contributed by atoms with Crippen LogP contribution in [-0.2, 0) is 4.79 Å². The first-order valence-corrected chi connectivity index (χ1v) is 8.41. The molecule has 0 spiro atoms. The number of nitrogens with zero attached hydrogens (tertiary/aromatic N) is 3. The molecule has 0 radical (unpaired) electrons. The minimum absolute atomic E-state index is 0.0324. The quantitative estimate of drug-likeness (QED) is 0.362. The highest BCUT2D eigenvalue weighted by atomic mass is 16.3. The SMILES string of the molecule is Cc1ccc(C=C2CC(O)CC(=Cc3ccc(N=[N+]=[N-])cc3)C2=O)cc1. The van der Waals surface area contributed by atoms with Gasteiger partial charge in [0.1, 0.15) is 0 Å². The molecule has 2 aromatic carbocycles. The van der Waals surface area contributed by atoms with Gasteiger partial charge in [0.05, 0.1) is 6.10 Å². The van der Waals surface area contributed by atoms with Crippen LogP contribution in [0.3, 0.4) is 0 Å². The average molecular weight is 345 g/mol. The normalized spacial score (nSPS) is 20.2. The number of hydrogen-bond donors (Lipinski definition) is 1. The predicted octanol–water partition coefficient (Wildman–Crippen LogP) is 5.13. The molecule has 5 nitrogen and oxygen atoms in total. The number of hydrogen-bond acceptors (Lipinski definition) is 3. The molecule has 0 aromatic heterocycles. The second kappa shape index (κ2) is 7.83. The Bertz CT molecular complexity index is 919. The van der Waals surface area contributed by atoms with Gasteiger partial charge < -0.3 is 5.11 Å². The fourth-order valence-electron chi connectivity index (χ4n) is 2.97. The average Bonchev–Trinajstić information content (AvgIpc) is 2.63. The Morgan fingerprint density at radius 3 is 2.00 bits per heavy atom. The number of ketones is 1. The molecule has 1 saturated carbocycles. The van der Waals surface area contributed by atoms with E-state index < -0.39 is 6.10 Å². The lowest BCUT2D eigenvalue weighted by Gasteiger charge is -2.21. The van der Waals surface area contributed by atoms with Crippen molar-refractivity contribution >= 4 is 23.6 Å².